The number of rotatable bonds is 6. The third-order valence-electron chi connectivity index (χ3n) is 4.30. The fourth-order valence-corrected chi connectivity index (χ4v) is 2.80. The van der Waals surface area contributed by atoms with E-state index in [1.54, 1.807) is 11.0 Å². The highest BCUT2D eigenvalue weighted by Gasteiger charge is 2.24. The molecule has 1 aromatic heterocycles. The Balaban J connectivity index is 1.58. The van der Waals surface area contributed by atoms with Gasteiger partial charge in [-0.1, -0.05) is 18.2 Å². The fraction of sp³-hybridized carbons (Fsp3) is 0.412. The second-order valence-corrected chi connectivity index (χ2v) is 6.11. The minimum Gasteiger partial charge on any atom is -0.479 e. The van der Waals surface area contributed by atoms with Crippen molar-refractivity contribution >= 4 is 11.9 Å². The van der Waals surface area contributed by atoms with Gasteiger partial charge in [0.15, 0.2) is 6.10 Å². The summed E-state index contributed by atoms with van der Waals surface area (Å²) < 4.78 is 5.55. The number of carbonyl (C=O) groups excluding carboxylic acids is 1. The Bertz CT molecular complexity index is 756. The van der Waals surface area contributed by atoms with Gasteiger partial charge >= 0.3 is 5.97 Å². The number of aromatic amines is 1. The van der Waals surface area contributed by atoms with E-state index in [1.165, 1.54) is 13.3 Å². The van der Waals surface area contributed by atoms with E-state index in [0.29, 0.717) is 38.5 Å². The van der Waals surface area contributed by atoms with Gasteiger partial charge in [0.1, 0.15) is 12.1 Å². The highest BCUT2D eigenvalue weighted by molar-refractivity contribution is 5.90. The minimum absolute atomic E-state index is 0.152. The van der Waals surface area contributed by atoms with Crippen molar-refractivity contribution in [3.63, 3.8) is 0 Å². The summed E-state index contributed by atoms with van der Waals surface area (Å²) in [6.45, 7) is 4.74. The molecule has 0 radical (unpaired) electrons. The van der Waals surface area contributed by atoms with Gasteiger partial charge in [0.2, 0.25) is 5.82 Å². The molecule has 0 aliphatic carbocycles. The third kappa shape index (κ3) is 4.17. The highest BCUT2D eigenvalue weighted by atomic mass is 16.5. The Kier molecular flexibility index (Phi) is 5.47. The molecule has 26 heavy (non-hydrogen) atoms. The van der Waals surface area contributed by atoms with Crippen LogP contribution in [-0.2, 0) is 11.3 Å². The number of piperazine rings is 1. The number of aromatic nitrogens is 3. The Morgan fingerprint density at radius 2 is 2.00 bits per heavy atom. The summed E-state index contributed by atoms with van der Waals surface area (Å²) in [5.41, 5.74) is 0.926. The minimum atomic E-state index is -1.00. The number of hydrogen-bond acceptors (Lipinski definition) is 6. The Morgan fingerprint density at radius 3 is 2.65 bits per heavy atom. The molecule has 1 fully saturated rings. The predicted octanol–water partition coefficient (Wildman–Crippen LogP) is 0.615. The number of benzene rings is 1. The maximum absolute atomic E-state index is 12.3. The summed E-state index contributed by atoms with van der Waals surface area (Å²) in [4.78, 5) is 31.1. The number of nitrogens with zero attached hydrogens (tertiary/aromatic N) is 4. The van der Waals surface area contributed by atoms with Gasteiger partial charge in [0.25, 0.3) is 5.91 Å². The SMILES string of the molecule is CC(Oc1ccccc1CN1CCN(C(=O)c2ncn[nH]2)CC1)C(=O)O. The number of nitrogens with one attached hydrogen (secondary N) is 1. The first-order valence-electron chi connectivity index (χ1n) is 8.39. The lowest BCUT2D eigenvalue weighted by atomic mass is 10.1. The standard InChI is InChI=1S/C17H21N5O4/c1-12(17(24)25)26-14-5-3-2-4-13(14)10-21-6-8-22(9-7-21)16(23)15-18-11-19-20-15/h2-5,11-12H,6-10H2,1H3,(H,24,25)(H,18,19,20). The number of carbonyl (C=O) groups is 2. The Hall–Kier alpha value is -2.94. The first-order chi connectivity index (χ1) is 12.5. The van der Waals surface area contributed by atoms with Crippen molar-refractivity contribution in [2.24, 2.45) is 0 Å². The molecule has 0 bridgehead atoms. The van der Waals surface area contributed by atoms with E-state index in [0.717, 1.165) is 5.56 Å². The van der Waals surface area contributed by atoms with Gasteiger partial charge < -0.3 is 14.7 Å². The molecular weight excluding hydrogens is 338 g/mol. The third-order valence-corrected chi connectivity index (χ3v) is 4.30. The lowest BCUT2D eigenvalue weighted by Crippen LogP contribution is -2.48. The molecule has 1 amide bonds. The number of amides is 1. The number of para-hydroxylation sites is 1. The fourth-order valence-electron chi connectivity index (χ4n) is 2.80. The van der Waals surface area contributed by atoms with Crippen molar-refractivity contribution in [3.8, 4) is 5.75 Å². The van der Waals surface area contributed by atoms with Crippen LogP contribution in [0.3, 0.4) is 0 Å². The summed E-state index contributed by atoms with van der Waals surface area (Å²) in [5, 5.41) is 15.3. The lowest BCUT2D eigenvalue weighted by molar-refractivity contribution is -0.144. The van der Waals surface area contributed by atoms with Gasteiger partial charge in [0.05, 0.1) is 0 Å². The molecule has 3 rings (SSSR count). The number of H-pyrrole nitrogens is 1. The maximum atomic E-state index is 12.3. The molecule has 1 aromatic carbocycles. The molecule has 1 aliphatic rings. The summed E-state index contributed by atoms with van der Waals surface area (Å²) in [7, 11) is 0. The zero-order chi connectivity index (χ0) is 18.5. The van der Waals surface area contributed by atoms with E-state index in [-0.39, 0.29) is 11.7 Å². The second kappa shape index (κ2) is 7.96. The van der Waals surface area contributed by atoms with Crippen molar-refractivity contribution in [3.05, 3.63) is 42.0 Å². The van der Waals surface area contributed by atoms with E-state index in [4.69, 9.17) is 9.84 Å². The average molecular weight is 359 g/mol. The first-order valence-corrected chi connectivity index (χ1v) is 8.39. The van der Waals surface area contributed by atoms with Crippen molar-refractivity contribution < 1.29 is 19.4 Å². The number of hydrogen-bond donors (Lipinski definition) is 2. The van der Waals surface area contributed by atoms with Crippen molar-refractivity contribution in [2.45, 2.75) is 19.6 Å². The second-order valence-electron chi connectivity index (χ2n) is 6.11. The van der Waals surface area contributed by atoms with Crippen LogP contribution in [0, 0.1) is 0 Å². The van der Waals surface area contributed by atoms with Gasteiger partial charge in [-0.05, 0) is 13.0 Å². The molecule has 1 aliphatic heterocycles. The van der Waals surface area contributed by atoms with Crippen LogP contribution in [0.5, 0.6) is 5.75 Å². The largest absolute Gasteiger partial charge is 0.479 e. The van der Waals surface area contributed by atoms with Crippen LogP contribution in [0.2, 0.25) is 0 Å². The van der Waals surface area contributed by atoms with Crippen LogP contribution in [0.15, 0.2) is 30.6 Å². The van der Waals surface area contributed by atoms with E-state index in [9.17, 15) is 9.59 Å². The van der Waals surface area contributed by atoms with Gasteiger partial charge in [-0.2, -0.15) is 5.10 Å². The van der Waals surface area contributed by atoms with Gasteiger partial charge in [-0.3, -0.25) is 14.8 Å². The number of aliphatic carboxylic acids is 1. The van der Waals surface area contributed by atoms with Crippen LogP contribution in [0.1, 0.15) is 23.1 Å². The average Bonchev–Trinajstić information content (AvgIpc) is 3.18. The molecule has 1 saturated heterocycles. The summed E-state index contributed by atoms with van der Waals surface area (Å²) in [6, 6.07) is 7.42. The molecule has 2 aromatic rings. The molecule has 9 nitrogen and oxygen atoms in total. The van der Waals surface area contributed by atoms with Crippen LogP contribution in [-0.4, -0.2) is 74.2 Å². The van der Waals surface area contributed by atoms with Crippen LogP contribution < -0.4 is 4.74 Å². The van der Waals surface area contributed by atoms with Crippen LogP contribution in [0.25, 0.3) is 0 Å². The summed E-state index contributed by atoms with van der Waals surface area (Å²) in [5.74, 6) is -0.331. The predicted molar refractivity (Wildman–Crippen MR) is 91.7 cm³/mol. The molecular formula is C17H21N5O4. The maximum Gasteiger partial charge on any atom is 0.344 e. The quantitative estimate of drug-likeness (QED) is 0.777. The number of ether oxygens (including phenoxy) is 1. The molecule has 2 N–H and O–H groups in total. The molecule has 9 heteroatoms. The number of carboxylic acids is 1. The van der Waals surface area contributed by atoms with Crippen molar-refractivity contribution in [2.75, 3.05) is 26.2 Å². The Labute approximate surface area is 150 Å². The van der Waals surface area contributed by atoms with Crippen LogP contribution in [0.4, 0.5) is 0 Å². The van der Waals surface area contributed by atoms with Gasteiger partial charge in [0, 0.05) is 38.3 Å². The van der Waals surface area contributed by atoms with Gasteiger partial charge in [-0.25, -0.2) is 9.78 Å². The molecule has 0 saturated carbocycles. The molecule has 0 spiro atoms. The Morgan fingerprint density at radius 1 is 1.27 bits per heavy atom. The number of carboxylic acid groups (broad SMARTS) is 1. The van der Waals surface area contributed by atoms with Gasteiger partial charge in [-0.15, -0.1) is 0 Å². The van der Waals surface area contributed by atoms with Crippen molar-refractivity contribution in [1.82, 2.24) is 25.0 Å². The summed E-state index contributed by atoms with van der Waals surface area (Å²) >= 11 is 0. The summed E-state index contributed by atoms with van der Waals surface area (Å²) in [6.07, 6.45) is 0.408. The monoisotopic (exact) mass is 359 g/mol. The molecule has 1 unspecified atom stereocenters. The topological polar surface area (TPSA) is 112 Å². The molecule has 1 atom stereocenters. The highest BCUT2D eigenvalue weighted by Crippen LogP contribution is 2.22. The van der Waals surface area contributed by atoms with Crippen LogP contribution >= 0.6 is 0 Å². The van der Waals surface area contributed by atoms with E-state index in [1.807, 2.05) is 18.2 Å². The molecule has 138 valence electrons. The zero-order valence-corrected chi connectivity index (χ0v) is 14.5. The normalized spacial score (nSPS) is 16.3. The molecule has 2 heterocycles. The van der Waals surface area contributed by atoms with E-state index >= 15 is 0 Å². The zero-order valence-electron chi connectivity index (χ0n) is 14.5. The van der Waals surface area contributed by atoms with E-state index < -0.39 is 12.1 Å². The first kappa shape index (κ1) is 17.9. The lowest BCUT2D eigenvalue weighted by Gasteiger charge is -2.34. The van der Waals surface area contributed by atoms with E-state index in [2.05, 4.69) is 20.1 Å². The smallest absolute Gasteiger partial charge is 0.344 e. The van der Waals surface area contributed by atoms with Crippen molar-refractivity contribution in [1.29, 1.82) is 0 Å².